The lowest BCUT2D eigenvalue weighted by molar-refractivity contribution is 0.0111. The summed E-state index contributed by atoms with van der Waals surface area (Å²) < 4.78 is 10.8. The van der Waals surface area contributed by atoms with E-state index in [-0.39, 0.29) is 5.60 Å². The van der Waals surface area contributed by atoms with Crippen LogP contribution < -0.4 is 5.32 Å². The number of ether oxygens (including phenoxy) is 2. The van der Waals surface area contributed by atoms with Crippen molar-refractivity contribution < 1.29 is 9.47 Å². The number of methoxy groups -OCH3 is 2. The molecule has 0 amide bonds. The van der Waals surface area contributed by atoms with Gasteiger partial charge in [-0.3, -0.25) is 0 Å². The van der Waals surface area contributed by atoms with Gasteiger partial charge in [-0.15, -0.1) is 0 Å². The second kappa shape index (κ2) is 8.90. The predicted octanol–water partition coefficient (Wildman–Crippen LogP) is 2.98. The normalized spacial score (nSPS) is 15.9. The Hall–Kier alpha value is -0.120. The van der Waals surface area contributed by atoms with E-state index in [1.165, 1.54) is 6.42 Å². The van der Waals surface area contributed by atoms with Crippen molar-refractivity contribution in [1.82, 2.24) is 5.32 Å². The standard InChI is InChI=1S/C14H31NO2/c1-7-15-13(9-8-12(2)16-5)10-11-14(3,4)17-6/h12-13,15H,7-11H2,1-6H3. The summed E-state index contributed by atoms with van der Waals surface area (Å²) in [4.78, 5) is 0. The molecule has 17 heavy (non-hydrogen) atoms. The number of nitrogens with one attached hydrogen (secondary N) is 1. The van der Waals surface area contributed by atoms with E-state index >= 15 is 0 Å². The summed E-state index contributed by atoms with van der Waals surface area (Å²) in [6.45, 7) is 9.61. The minimum Gasteiger partial charge on any atom is -0.382 e. The minimum atomic E-state index is -0.0133. The van der Waals surface area contributed by atoms with Gasteiger partial charge in [0.1, 0.15) is 0 Å². The largest absolute Gasteiger partial charge is 0.382 e. The first kappa shape index (κ1) is 16.9. The summed E-state index contributed by atoms with van der Waals surface area (Å²) in [5, 5.41) is 3.55. The molecule has 0 aromatic heterocycles. The molecule has 2 unspecified atom stereocenters. The quantitative estimate of drug-likeness (QED) is 0.642. The molecule has 0 bridgehead atoms. The Kier molecular flexibility index (Phi) is 8.83. The third-order valence-electron chi connectivity index (χ3n) is 3.46. The van der Waals surface area contributed by atoms with Crippen LogP contribution in [0.3, 0.4) is 0 Å². The zero-order valence-corrected chi connectivity index (χ0v) is 12.5. The molecule has 0 radical (unpaired) electrons. The van der Waals surface area contributed by atoms with Crippen molar-refractivity contribution in [2.24, 2.45) is 0 Å². The van der Waals surface area contributed by atoms with Crippen molar-refractivity contribution in [1.29, 1.82) is 0 Å². The van der Waals surface area contributed by atoms with Crippen LogP contribution in [-0.4, -0.2) is 38.5 Å². The smallest absolute Gasteiger partial charge is 0.0623 e. The maximum Gasteiger partial charge on any atom is 0.0623 e. The number of hydrogen-bond donors (Lipinski definition) is 1. The average Bonchev–Trinajstić information content (AvgIpc) is 2.32. The van der Waals surface area contributed by atoms with Gasteiger partial charge in [0.15, 0.2) is 0 Å². The molecule has 0 saturated heterocycles. The Morgan fingerprint density at radius 3 is 2.24 bits per heavy atom. The Labute approximate surface area is 107 Å². The van der Waals surface area contributed by atoms with Gasteiger partial charge in [0.05, 0.1) is 11.7 Å². The summed E-state index contributed by atoms with van der Waals surface area (Å²) in [6, 6.07) is 0.576. The summed E-state index contributed by atoms with van der Waals surface area (Å²) in [6.07, 6.45) is 4.88. The van der Waals surface area contributed by atoms with Gasteiger partial charge in [0.25, 0.3) is 0 Å². The molecular formula is C14H31NO2. The van der Waals surface area contributed by atoms with Crippen LogP contribution in [0.5, 0.6) is 0 Å². The summed E-state index contributed by atoms with van der Waals surface area (Å²) >= 11 is 0. The van der Waals surface area contributed by atoms with Gasteiger partial charge in [-0.25, -0.2) is 0 Å². The van der Waals surface area contributed by atoms with Crippen LogP contribution in [0.25, 0.3) is 0 Å². The highest BCUT2D eigenvalue weighted by Crippen LogP contribution is 2.19. The Bertz CT molecular complexity index is 183. The highest BCUT2D eigenvalue weighted by atomic mass is 16.5. The third kappa shape index (κ3) is 8.58. The Balaban J connectivity index is 3.97. The fourth-order valence-corrected chi connectivity index (χ4v) is 1.81. The molecule has 3 heteroatoms. The van der Waals surface area contributed by atoms with E-state index in [4.69, 9.17) is 9.47 Å². The van der Waals surface area contributed by atoms with Crippen LogP contribution in [-0.2, 0) is 9.47 Å². The molecule has 0 aliphatic rings. The molecule has 3 nitrogen and oxygen atoms in total. The van der Waals surface area contributed by atoms with Crippen LogP contribution in [0.2, 0.25) is 0 Å². The van der Waals surface area contributed by atoms with Crippen LogP contribution >= 0.6 is 0 Å². The van der Waals surface area contributed by atoms with E-state index in [0.717, 1.165) is 25.8 Å². The van der Waals surface area contributed by atoms with Crippen molar-refractivity contribution >= 4 is 0 Å². The molecule has 0 aliphatic carbocycles. The fourth-order valence-electron chi connectivity index (χ4n) is 1.81. The van der Waals surface area contributed by atoms with Gasteiger partial charge < -0.3 is 14.8 Å². The zero-order chi connectivity index (χ0) is 13.3. The number of hydrogen-bond acceptors (Lipinski definition) is 3. The highest BCUT2D eigenvalue weighted by Gasteiger charge is 2.19. The van der Waals surface area contributed by atoms with E-state index in [0.29, 0.717) is 12.1 Å². The van der Waals surface area contributed by atoms with Crippen LogP contribution in [0.15, 0.2) is 0 Å². The molecule has 2 atom stereocenters. The second-order valence-corrected chi connectivity index (χ2v) is 5.38. The van der Waals surface area contributed by atoms with Crippen molar-refractivity contribution in [3.05, 3.63) is 0 Å². The molecule has 0 aromatic carbocycles. The molecule has 1 N–H and O–H groups in total. The molecule has 104 valence electrons. The minimum absolute atomic E-state index is 0.0133. The molecule has 0 fully saturated rings. The van der Waals surface area contributed by atoms with Gasteiger partial charge in [-0.1, -0.05) is 6.92 Å². The van der Waals surface area contributed by atoms with Gasteiger partial charge in [-0.05, 0) is 53.0 Å². The molecule has 0 saturated carbocycles. The van der Waals surface area contributed by atoms with Gasteiger partial charge in [0, 0.05) is 20.3 Å². The maximum absolute atomic E-state index is 5.46. The Morgan fingerprint density at radius 1 is 1.12 bits per heavy atom. The third-order valence-corrected chi connectivity index (χ3v) is 3.46. The summed E-state index contributed by atoms with van der Waals surface area (Å²) in [5.74, 6) is 0. The molecule has 0 heterocycles. The monoisotopic (exact) mass is 245 g/mol. The first-order valence-corrected chi connectivity index (χ1v) is 6.76. The molecular weight excluding hydrogens is 214 g/mol. The lowest BCUT2D eigenvalue weighted by Crippen LogP contribution is -2.33. The maximum atomic E-state index is 5.46. The van der Waals surface area contributed by atoms with E-state index in [2.05, 4.69) is 33.0 Å². The lowest BCUT2D eigenvalue weighted by Gasteiger charge is -2.26. The Morgan fingerprint density at radius 2 is 1.76 bits per heavy atom. The van der Waals surface area contributed by atoms with Crippen molar-refractivity contribution in [3.8, 4) is 0 Å². The first-order chi connectivity index (χ1) is 7.95. The lowest BCUT2D eigenvalue weighted by atomic mass is 9.96. The highest BCUT2D eigenvalue weighted by molar-refractivity contribution is 4.75. The molecule has 0 aromatic rings. The molecule has 0 aliphatic heterocycles. The van der Waals surface area contributed by atoms with Gasteiger partial charge in [0.2, 0.25) is 0 Å². The number of rotatable bonds is 10. The van der Waals surface area contributed by atoms with E-state index < -0.39 is 0 Å². The predicted molar refractivity (Wildman–Crippen MR) is 73.5 cm³/mol. The van der Waals surface area contributed by atoms with Crippen molar-refractivity contribution in [2.45, 2.75) is 71.1 Å². The van der Waals surface area contributed by atoms with Crippen molar-refractivity contribution in [3.63, 3.8) is 0 Å². The van der Waals surface area contributed by atoms with E-state index in [1.54, 1.807) is 14.2 Å². The van der Waals surface area contributed by atoms with Crippen molar-refractivity contribution in [2.75, 3.05) is 20.8 Å². The van der Waals surface area contributed by atoms with Gasteiger partial charge >= 0.3 is 0 Å². The molecule has 0 rings (SSSR count). The van der Waals surface area contributed by atoms with Crippen LogP contribution in [0.1, 0.15) is 53.4 Å². The fraction of sp³-hybridized carbons (Fsp3) is 1.00. The average molecular weight is 245 g/mol. The molecule has 0 spiro atoms. The summed E-state index contributed by atoms with van der Waals surface area (Å²) in [5.41, 5.74) is -0.0133. The zero-order valence-electron chi connectivity index (χ0n) is 12.5. The SMILES string of the molecule is CCNC(CCC(C)OC)CCC(C)(C)OC. The van der Waals surface area contributed by atoms with E-state index in [9.17, 15) is 0 Å². The van der Waals surface area contributed by atoms with E-state index in [1.807, 2.05) is 0 Å². The summed E-state index contributed by atoms with van der Waals surface area (Å²) in [7, 11) is 3.57. The first-order valence-electron chi connectivity index (χ1n) is 6.76. The van der Waals surface area contributed by atoms with Gasteiger partial charge in [-0.2, -0.15) is 0 Å². The van der Waals surface area contributed by atoms with Crippen LogP contribution in [0, 0.1) is 0 Å². The second-order valence-electron chi connectivity index (χ2n) is 5.38. The van der Waals surface area contributed by atoms with Crippen LogP contribution in [0.4, 0.5) is 0 Å². The topological polar surface area (TPSA) is 30.5 Å².